The highest BCUT2D eigenvalue weighted by Gasteiger charge is 2.36. The molecule has 1 heterocycles. The Balaban J connectivity index is 2.04. The molecule has 4 atom stereocenters. The first-order chi connectivity index (χ1) is 8.99. The second kappa shape index (κ2) is 6.55. The molecule has 0 aromatic rings. The Labute approximate surface area is 119 Å². The molecule has 19 heavy (non-hydrogen) atoms. The van der Waals surface area contributed by atoms with Crippen molar-refractivity contribution < 1.29 is 0 Å². The Kier molecular flexibility index (Phi) is 5.27. The summed E-state index contributed by atoms with van der Waals surface area (Å²) in [5, 5.41) is 0. The first-order valence-corrected chi connectivity index (χ1v) is 8.19. The van der Waals surface area contributed by atoms with E-state index in [2.05, 4.69) is 37.6 Å². The number of hydrogen-bond donors (Lipinski definition) is 1. The molecule has 2 fully saturated rings. The molecule has 2 rings (SSSR count). The molecule has 2 aliphatic rings. The van der Waals surface area contributed by atoms with Gasteiger partial charge in [0.1, 0.15) is 0 Å². The van der Waals surface area contributed by atoms with Gasteiger partial charge in [-0.25, -0.2) is 0 Å². The van der Waals surface area contributed by atoms with E-state index in [1.807, 2.05) is 0 Å². The number of likely N-dealkylation sites (N-methyl/N-ethyl adjacent to an activating group) is 1. The SMILES string of the molecule is CC(C)C1CCC(N)C(N2CCCN(C)CC2C)C1. The zero-order valence-electron chi connectivity index (χ0n) is 13.3. The van der Waals surface area contributed by atoms with Crippen LogP contribution in [0, 0.1) is 11.8 Å². The van der Waals surface area contributed by atoms with Crippen LogP contribution in [0.5, 0.6) is 0 Å². The molecule has 0 bridgehead atoms. The van der Waals surface area contributed by atoms with Crippen molar-refractivity contribution in [3.8, 4) is 0 Å². The first-order valence-electron chi connectivity index (χ1n) is 8.19. The van der Waals surface area contributed by atoms with E-state index >= 15 is 0 Å². The third kappa shape index (κ3) is 3.71. The maximum absolute atomic E-state index is 6.46. The van der Waals surface area contributed by atoms with Crippen LogP contribution in [0.1, 0.15) is 46.5 Å². The minimum Gasteiger partial charge on any atom is -0.326 e. The number of hydrogen-bond acceptors (Lipinski definition) is 3. The van der Waals surface area contributed by atoms with Crippen LogP contribution >= 0.6 is 0 Å². The molecule has 3 heteroatoms. The fourth-order valence-electron chi connectivity index (χ4n) is 4.07. The van der Waals surface area contributed by atoms with E-state index in [0.29, 0.717) is 18.1 Å². The summed E-state index contributed by atoms with van der Waals surface area (Å²) in [5.74, 6) is 1.68. The first kappa shape index (κ1) is 15.3. The molecule has 0 radical (unpaired) electrons. The van der Waals surface area contributed by atoms with Gasteiger partial charge in [0.2, 0.25) is 0 Å². The van der Waals surface area contributed by atoms with Gasteiger partial charge in [-0.1, -0.05) is 13.8 Å². The summed E-state index contributed by atoms with van der Waals surface area (Å²) in [4.78, 5) is 5.20. The van der Waals surface area contributed by atoms with Crippen molar-refractivity contribution in [3.05, 3.63) is 0 Å². The second-order valence-electron chi connectivity index (χ2n) is 7.25. The molecule has 1 aliphatic heterocycles. The monoisotopic (exact) mass is 267 g/mol. The van der Waals surface area contributed by atoms with Crippen LogP contribution in [-0.4, -0.2) is 54.6 Å². The van der Waals surface area contributed by atoms with Gasteiger partial charge in [-0.15, -0.1) is 0 Å². The quantitative estimate of drug-likeness (QED) is 0.832. The molecule has 0 aromatic carbocycles. The molecule has 0 amide bonds. The van der Waals surface area contributed by atoms with Crippen molar-refractivity contribution in [1.82, 2.24) is 9.80 Å². The Morgan fingerprint density at radius 2 is 1.89 bits per heavy atom. The predicted molar refractivity (Wildman–Crippen MR) is 82.2 cm³/mol. The summed E-state index contributed by atoms with van der Waals surface area (Å²) in [6.07, 6.45) is 5.15. The lowest BCUT2D eigenvalue weighted by Gasteiger charge is -2.44. The Morgan fingerprint density at radius 3 is 2.58 bits per heavy atom. The average Bonchev–Trinajstić information content (AvgIpc) is 2.50. The molecule has 1 aliphatic carbocycles. The predicted octanol–water partition coefficient (Wildman–Crippen LogP) is 2.16. The zero-order valence-corrected chi connectivity index (χ0v) is 13.3. The maximum Gasteiger partial charge on any atom is 0.0253 e. The maximum atomic E-state index is 6.46. The minimum absolute atomic E-state index is 0.390. The number of rotatable bonds is 2. The molecule has 4 unspecified atom stereocenters. The highest BCUT2D eigenvalue weighted by atomic mass is 15.3. The Morgan fingerprint density at radius 1 is 1.16 bits per heavy atom. The second-order valence-corrected chi connectivity index (χ2v) is 7.25. The van der Waals surface area contributed by atoms with E-state index in [1.54, 1.807) is 0 Å². The van der Waals surface area contributed by atoms with Gasteiger partial charge < -0.3 is 10.6 Å². The van der Waals surface area contributed by atoms with Crippen molar-refractivity contribution in [2.75, 3.05) is 26.7 Å². The van der Waals surface area contributed by atoms with Crippen LogP contribution < -0.4 is 5.73 Å². The lowest BCUT2D eigenvalue weighted by atomic mass is 9.76. The van der Waals surface area contributed by atoms with Gasteiger partial charge >= 0.3 is 0 Å². The molecular weight excluding hydrogens is 234 g/mol. The van der Waals surface area contributed by atoms with E-state index in [1.165, 1.54) is 45.3 Å². The van der Waals surface area contributed by atoms with Gasteiger partial charge in [-0.05, 0) is 58.0 Å². The van der Waals surface area contributed by atoms with Crippen molar-refractivity contribution >= 4 is 0 Å². The summed E-state index contributed by atoms with van der Waals surface area (Å²) in [7, 11) is 2.25. The molecule has 2 N–H and O–H groups in total. The van der Waals surface area contributed by atoms with E-state index in [-0.39, 0.29) is 0 Å². The Bertz CT molecular complexity index is 279. The van der Waals surface area contributed by atoms with Gasteiger partial charge in [0.15, 0.2) is 0 Å². The van der Waals surface area contributed by atoms with Gasteiger partial charge in [0, 0.05) is 31.2 Å². The van der Waals surface area contributed by atoms with Crippen molar-refractivity contribution in [2.45, 2.75) is 64.6 Å². The third-order valence-corrected chi connectivity index (χ3v) is 5.38. The van der Waals surface area contributed by atoms with Crippen LogP contribution in [0.2, 0.25) is 0 Å². The average molecular weight is 267 g/mol. The van der Waals surface area contributed by atoms with Crippen LogP contribution in [-0.2, 0) is 0 Å². The molecule has 1 saturated carbocycles. The van der Waals surface area contributed by atoms with Crippen LogP contribution in [0.15, 0.2) is 0 Å². The third-order valence-electron chi connectivity index (χ3n) is 5.38. The highest BCUT2D eigenvalue weighted by molar-refractivity contribution is 4.93. The fourth-order valence-corrected chi connectivity index (χ4v) is 4.07. The summed E-state index contributed by atoms with van der Waals surface area (Å²) in [6.45, 7) is 10.8. The van der Waals surface area contributed by atoms with Gasteiger partial charge in [-0.2, -0.15) is 0 Å². The van der Waals surface area contributed by atoms with E-state index in [9.17, 15) is 0 Å². The highest BCUT2D eigenvalue weighted by Crippen LogP contribution is 2.33. The Hall–Kier alpha value is -0.120. The molecule has 3 nitrogen and oxygen atoms in total. The van der Waals surface area contributed by atoms with Gasteiger partial charge in [-0.3, -0.25) is 4.90 Å². The molecular formula is C16H33N3. The van der Waals surface area contributed by atoms with Crippen LogP contribution in [0.3, 0.4) is 0 Å². The van der Waals surface area contributed by atoms with Crippen molar-refractivity contribution in [3.63, 3.8) is 0 Å². The summed E-state index contributed by atoms with van der Waals surface area (Å²) in [5.41, 5.74) is 6.46. The number of nitrogens with zero attached hydrogens (tertiary/aromatic N) is 2. The van der Waals surface area contributed by atoms with E-state index in [0.717, 1.165) is 11.8 Å². The summed E-state index contributed by atoms with van der Waals surface area (Å²) >= 11 is 0. The molecule has 0 spiro atoms. The van der Waals surface area contributed by atoms with Crippen LogP contribution in [0.4, 0.5) is 0 Å². The minimum atomic E-state index is 0.390. The standard InChI is InChI=1S/C16H33N3/c1-12(2)14-6-7-15(17)16(10-14)19-9-5-8-18(4)11-13(19)3/h12-16H,5-11,17H2,1-4H3. The van der Waals surface area contributed by atoms with Crippen molar-refractivity contribution in [2.24, 2.45) is 17.6 Å². The largest absolute Gasteiger partial charge is 0.326 e. The van der Waals surface area contributed by atoms with E-state index < -0.39 is 0 Å². The fraction of sp³-hybridized carbons (Fsp3) is 1.00. The molecule has 0 aromatic heterocycles. The topological polar surface area (TPSA) is 32.5 Å². The molecule has 112 valence electrons. The van der Waals surface area contributed by atoms with E-state index in [4.69, 9.17) is 5.73 Å². The number of nitrogens with two attached hydrogens (primary N) is 1. The summed E-state index contributed by atoms with van der Waals surface area (Å²) in [6, 6.07) is 1.65. The lowest BCUT2D eigenvalue weighted by Crippen LogP contribution is -2.55. The normalized spacial score (nSPS) is 39.5. The summed E-state index contributed by atoms with van der Waals surface area (Å²) < 4.78 is 0. The van der Waals surface area contributed by atoms with Gasteiger partial charge in [0.25, 0.3) is 0 Å². The smallest absolute Gasteiger partial charge is 0.0253 e. The van der Waals surface area contributed by atoms with Gasteiger partial charge in [0.05, 0.1) is 0 Å². The lowest BCUT2D eigenvalue weighted by molar-refractivity contribution is 0.0683. The van der Waals surface area contributed by atoms with Crippen molar-refractivity contribution in [1.29, 1.82) is 0 Å². The van der Waals surface area contributed by atoms with Crippen LogP contribution in [0.25, 0.3) is 0 Å². The zero-order chi connectivity index (χ0) is 14.0. The molecule has 1 saturated heterocycles.